The van der Waals surface area contributed by atoms with Gasteiger partial charge in [0.2, 0.25) is 0 Å². The van der Waals surface area contributed by atoms with Crippen molar-refractivity contribution in [3.8, 4) is 0 Å². The van der Waals surface area contributed by atoms with Gasteiger partial charge in [-0.15, -0.1) is 0 Å². The van der Waals surface area contributed by atoms with Crippen LogP contribution in [0, 0.1) is 0 Å². The summed E-state index contributed by atoms with van der Waals surface area (Å²) in [6.45, 7) is 0. The molecule has 0 radical (unpaired) electrons. The molecule has 0 saturated carbocycles. The maximum absolute atomic E-state index is 5.82. The minimum absolute atomic E-state index is 0. The van der Waals surface area contributed by atoms with Gasteiger partial charge in [0.05, 0.1) is 0 Å². The van der Waals surface area contributed by atoms with Crippen molar-refractivity contribution >= 4 is 11.6 Å². The van der Waals surface area contributed by atoms with E-state index in [1.165, 1.54) is 0 Å². The number of halogens is 1. The molecule has 0 unspecified atom stereocenters. The van der Waals surface area contributed by atoms with Crippen molar-refractivity contribution in [2.45, 2.75) is 25.7 Å². The van der Waals surface area contributed by atoms with E-state index >= 15 is 0 Å². The Labute approximate surface area is 81.6 Å². The number of allylic oxidation sites excluding steroid dienone is 4. The third-order valence-electron chi connectivity index (χ3n) is 1.42. The molecule has 0 heterocycles. The van der Waals surface area contributed by atoms with E-state index in [9.17, 15) is 0 Å². The molecule has 0 bridgehead atoms. The molecule has 1 aliphatic rings. The van der Waals surface area contributed by atoms with Crippen molar-refractivity contribution in [3.63, 3.8) is 0 Å². The average molecular weight is 338 g/mol. The Morgan fingerprint density at radius 1 is 1.10 bits per heavy atom. The Kier molecular flexibility index (Phi) is 6.47. The summed E-state index contributed by atoms with van der Waals surface area (Å²) in [6, 6.07) is 0. The van der Waals surface area contributed by atoms with Crippen LogP contribution in [-0.4, -0.2) is 0 Å². The number of hydrogen-bond acceptors (Lipinski definition) is 0. The first kappa shape index (κ1) is 10.5. The Balaban J connectivity index is 0.000000810. The molecular formula is C8H11ClPt. The smallest absolute Gasteiger partial charge is 0.0144 e. The number of rotatable bonds is 0. The molecule has 0 amide bonds. The SMILES string of the molecule is ClC1=CCCC=CCC1.[Pt]. The van der Waals surface area contributed by atoms with E-state index in [0.717, 1.165) is 30.7 Å². The summed E-state index contributed by atoms with van der Waals surface area (Å²) in [5.74, 6) is 0. The van der Waals surface area contributed by atoms with Crippen molar-refractivity contribution in [2.75, 3.05) is 0 Å². The van der Waals surface area contributed by atoms with Crippen molar-refractivity contribution in [3.05, 3.63) is 23.3 Å². The zero-order chi connectivity index (χ0) is 6.53. The third kappa shape index (κ3) is 4.30. The topological polar surface area (TPSA) is 0 Å². The van der Waals surface area contributed by atoms with Crippen LogP contribution in [0.5, 0.6) is 0 Å². The second-order valence-electron chi connectivity index (χ2n) is 2.24. The maximum Gasteiger partial charge on any atom is 0.0144 e. The minimum atomic E-state index is 0. The summed E-state index contributed by atoms with van der Waals surface area (Å²) >= 11 is 5.82. The molecule has 1 aliphatic carbocycles. The molecular weight excluding hydrogens is 327 g/mol. The van der Waals surface area contributed by atoms with Gasteiger partial charge >= 0.3 is 0 Å². The molecule has 0 aromatic rings. The summed E-state index contributed by atoms with van der Waals surface area (Å²) < 4.78 is 0. The first-order valence-corrected chi connectivity index (χ1v) is 3.77. The van der Waals surface area contributed by atoms with Gasteiger partial charge in [-0.3, -0.25) is 0 Å². The van der Waals surface area contributed by atoms with Crippen molar-refractivity contribution in [2.24, 2.45) is 0 Å². The Hall–Kier alpha value is 0.458. The van der Waals surface area contributed by atoms with Crippen LogP contribution in [0.1, 0.15) is 25.7 Å². The Bertz CT molecular complexity index is 138. The van der Waals surface area contributed by atoms with Gasteiger partial charge in [-0.1, -0.05) is 29.8 Å². The van der Waals surface area contributed by atoms with Crippen molar-refractivity contribution < 1.29 is 21.1 Å². The molecule has 0 aromatic carbocycles. The molecule has 60 valence electrons. The second-order valence-corrected chi connectivity index (χ2v) is 2.72. The fourth-order valence-electron chi connectivity index (χ4n) is 0.895. The fraction of sp³-hybridized carbons (Fsp3) is 0.500. The van der Waals surface area contributed by atoms with Crippen molar-refractivity contribution in [1.29, 1.82) is 0 Å². The largest absolute Gasteiger partial charge is 0.0895 e. The Morgan fingerprint density at radius 2 is 1.80 bits per heavy atom. The van der Waals surface area contributed by atoms with Crippen LogP contribution in [-0.2, 0) is 21.1 Å². The predicted octanol–water partition coefficient (Wildman–Crippen LogP) is 3.24. The second kappa shape index (κ2) is 6.19. The van der Waals surface area contributed by atoms with Crippen LogP contribution in [0.2, 0.25) is 0 Å². The maximum atomic E-state index is 5.82. The van der Waals surface area contributed by atoms with Crippen molar-refractivity contribution in [1.82, 2.24) is 0 Å². The normalized spacial score (nSPS) is 18.3. The summed E-state index contributed by atoms with van der Waals surface area (Å²) in [7, 11) is 0. The molecule has 0 aromatic heterocycles. The van der Waals surface area contributed by atoms with Gasteiger partial charge in [-0.2, -0.15) is 0 Å². The van der Waals surface area contributed by atoms with Gasteiger partial charge in [0.25, 0.3) is 0 Å². The number of hydrogen-bond donors (Lipinski definition) is 0. The van der Waals surface area contributed by atoms with E-state index in [4.69, 9.17) is 11.6 Å². The van der Waals surface area contributed by atoms with Crippen LogP contribution in [0.4, 0.5) is 0 Å². The molecule has 2 heteroatoms. The van der Waals surface area contributed by atoms with E-state index < -0.39 is 0 Å². The van der Waals surface area contributed by atoms with E-state index in [1.807, 2.05) is 0 Å². The van der Waals surface area contributed by atoms with Gasteiger partial charge in [0, 0.05) is 26.1 Å². The molecule has 0 nitrogen and oxygen atoms in total. The van der Waals surface area contributed by atoms with Gasteiger partial charge < -0.3 is 0 Å². The van der Waals surface area contributed by atoms with Crippen LogP contribution in [0.25, 0.3) is 0 Å². The monoisotopic (exact) mass is 337 g/mol. The quantitative estimate of drug-likeness (QED) is 0.595. The zero-order valence-corrected chi connectivity index (χ0v) is 8.78. The molecule has 1 rings (SSSR count). The van der Waals surface area contributed by atoms with Crippen LogP contribution in [0.3, 0.4) is 0 Å². The Morgan fingerprint density at radius 3 is 2.60 bits per heavy atom. The molecule has 0 spiro atoms. The molecule has 0 atom stereocenters. The summed E-state index contributed by atoms with van der Waals surface area (Å²) in [5, 5.41) is 1.03. The molecule has 0 fully saturated rings. The van der Waals surface area contributed by atoms with E-state index in [0.29, 0.717) is 0 Å². The van der Waals surface area contributed by atoms with E-state index in [2.05, 4.69) is 18.2 Å². The average Bonchev–Trinajstić information content (AvgIpc) is 1.79. The van der Waals surface area contributed by atoms with Gasteiger partial charge in [0.15, 0.2) is 0 Å². The van der Waals surface area contributed by atoms with Gasteiger partial charge in [-0.25, -0.2) is 0 Å². The van der Waals surface area contributed by atoms with Crippen LogP contribution >= 0.6 is 11.6 Å². The molecule has 10 heavy (non-hydrogen) atoms. The zero-order valence-electron chi connectivity index (χ0n) is 5.75. The summed E-state index contributed by atoms with van der Waals surface area (Å²) in [6.07, 6.45) is 10.9. The summed E-state index contributed by atoms with van der Waals surface area (Å²) in [5.41, 5.74) is 0. The van der Waals surface area contributed by atoms with E-state index in [-0.39, 0.29) is 21.1 Å². The molecule has 0 saturated heterocycles. The van der Waals surface area contributed by atoms with Gasteiger partial charge in [-0.05, 0) is 25.7 Å². The first-order valence-electron chi connectivity index (χ1n) is 3.39. The first-order chi connectivity index (χ1) is 4.39. The standard InChI is InChI=1S/C8H11Cl.Pt/c9-8-6-4-2-1-3-5-7-8;/h1-2,7H,3-6H2;. The van der Waals surface area contributed by atoms with E-state index in [1.54, 1.807) is 0 Å². The minimum Gasteiger partial charge on any atom is -0.0895 e. The third-order valence-corrected chi connectivity index (χ3v) is 1.76. The molecule has 0 aliphatic heterocycles. The molecule has 0 N–H and O–H groups in total. The van der Waals surface area contributed by atoms with Crippen LogP contribution < -0.4 is 0 Å². The fourth-order valence-corrected chi connectivity index (χ4v) is 1.11. The van der Waals surface area contributed by atoms with Gasteiger partial charge in [0.1, 0.15) is 0 Å². The summed E-state index contributed by atoms with van der Waals surface area (Å²) in [4.78, 5) is 0. The predicted molar refractivity (Wildman–Crippen MR) is 41.5 cm³/mol. The van der Waals surface area contributed by atoms with Crippen LogP contribution in [0.15, 0.2) is 23.3 Å².